The summed E-state index contributed by atoms with van der Waals surface area (Å²) in [7, 11) is 0. The largest absolute Gasteiger partial charge is 0.370 e. The van der Waals surface area contributed by atoms with E-state index in [9.17, 15) is 4.39 Å². The van der Waals surface area contributed by atoms with E-state index in [1.807, 2.05) is 0 Å². The summed E-state index contributed by atoms with van der Waals surface area (Å²) in [5, 5.41) is 0.123. The summed E-state index contributed by atoms with van der Waals surface area (Å²) in [6, 6.07) is 4.62. The van der Waals surface area contributed by atoms with E-state index in [2.05, 4.69) is 16.8 Å². The van der Waals surface area contributed by atoms with Gasteiger partial charge in [0.15, 0.2) is 5.96 Å². The maximum Gasteiger partial charge on any atom is 0.191 e. The maximum atomic E-state index is 13.0. The highest BCUT2D eigenvalue weighted by atomic mass is 127. The minimum atomic E-state index is -0.410. The highest BCUT2D eigenvalue weighted by molar-refractivity contribution is 14.0. The molecule has 2 N–H and O–H groups in total. The lowest BCUT2D eigenvalue weighted by Gasteiger charge is -2.31. The summed E-state index contributed by atoms with van der Waals surface area (Å²) >= 11 is 5.73. The lowest BCUT2D eigenvalue weighted by atomic mass is 10.00. The van der Waals surface area contributed by atoms with Gasteiger partial charge in [-0.2, -0.15) is 0 Å². The summed E-state index contributed by atoms with van der Waals surface area (Å²) in [6.07, 6.45) is 2.30. The van der Waals surface area contributed by atoms with Crippen LogP contribution in [0, 0.1) is 11.7 Å². The molecule has 1 aliphatic rings. The predicted molar refractivity (Wildman–Crippen MR) is 92.1 cm³/mol. The van der Waals surface area contributed by atoms with Crippen molar-refractivity contribution in [2.24, 2.45) is 16.6 Å². The fourth-order valence-corrected chi connectivity index (χ4v) is 2.35. The summed E-state index contributed by atoms with van der Waals surface area (Å²) in [6.45, 7) is 4.60. The van der Waals surface area contributed by atoms with Crippen LogP contribution < -0.4 is 5.73 Å². The van der Waals surface area contributed by atoms with Crippen molar-refractivity contribution in [3.63, 3.8) is 0 Å². The number of halogens is 3. The number of rotatable bonds is 2. The molecule has 3 nitrogen and oxygen atoms in total. The van der Waals surface area contributed by atoms with Gasteiger partial charge in [-0.1, -0.05) is 24.6 Å². The Morgan fingerprint density at radius 2 is 2.10 bits per heavy atom. The van der Waals surface area contributed by atoms with Crippen molar-refractivity contribution in [1.29, 1.82) is 0 Å². The molecule has 0 radical (unpaired) electrons. The molecular formula is C14H20ClFIN3. The molecule has 0 spiro atoms. The molecule has 0 bridgehead atoms. The van der Waals surface area contributed by atoms with E-state index in [1.54, 1.807) is 12.1 Å². The van der Waals surface area contributed by atoms with Crippen molar-refractivity contribution in [3.05, 3.63) is 34.6 Å². The van der Waals surface area contributed by atoms with Crippen LogP contribution in [0.2, 0.25) is 5.02 Å². The Hall–Kier alpha value is -0.560. The Kier molecular flexibility index (Phi) is 7.02. The van der Waals surface area contributed by atoms with E-state index >= 15 is 0 Å². The average Bonchev–Trinajstić information content (AvgIpc) is 2.40. The van der Waals surface area contributed by atoms with E-state index in [-0.39, 0.29) is 29.0 Å². The number of nitrogens with zero attached hydrogens (tertiary/aromatic N) is 2. The van der Waals surface area contributed by atoms with Gasteiger partial charge in [0.1, 0.15) is 5.82 Å². The predicted octanol–water partition coefficient (Wildman–Crippen LogP) is 3.64. The van der Waals surface area contributed by atoms with Gasteiger partial charge >= 0.3 is 0 Å². The number of guanidine groups is 1. The minimum absolute atomic E-state index is 0. The van der Waals surface area contributed by atoms with Gasteiger partial charge in [0.2, 0.25) is 0 Å². The fraction of sp³-hybridized carbons (Fsp3) is 0.500. The van der Waals surface area contributed by atoms with Crippen molar-refractivity contribution in [2.45, 2.75) is 26.3 Å². The lowest BCUT2D eigenvalue weighted by Crippen LogP contribution is -2.42. The lowest BCUT2D eigenvalue weighted by molar-refractivity contribution is 0.277. The Labute approximate surface area is 141 Å². The quantitative estimate of drug-likeness (QED) is 0.459. The first-order chi connectivity index (χ1) is 9.06. The van der Waals surface area contributed by atoms with Crippen LogP contribution in [0.5, 0.6) is 0 Å². The van der Waals surface area contributed by atoms with Gasteiger partial charge in [-0.3, -0.25) is 0 Å². The highest BCUT2D eigenvalue weighted by Crippen LogP contribution is 2.17. The molecule has 1 heterocycles. The molecule has 1 aromatic rings. The van der Waals surface area contributed by atoms with Crippen LogP contribution in [0.1, 0.15) is 25.3 Å². The van der Waals surface area contributed by atoms with Gasteiger partial charge in [-0.25, -0.2) is 9.38 Å². The molecule has 0 amide bonds. The first-order valence-corrected chi connectivity index (χ1v) is 6.93. The average molecular weight is 412 g/mol. The second-order valence-electron chi connectivity index (χ2n) is 5.09. The number of aliphatic imine (C=N–C) groups is 1. The zero-order valence-electron chi connectivity index (χ0n) is 11.5. The number of nitrogens with two attached hydrogens (primary N) is 1. The van der Waals surface area contributed by atoms with Gasteiger partial charge in [-0.15, -0.1) is 24.0 Å². The maximum absolute atomic E-state index is 13.0. The second-order valence-corrected chi connectivity index (χ2v) is 5.50. The Morgan fingerprint density at radius 3 is 2.70 bits per heavy atom. The molecule has 1 aromatic carbocycles. The smallest absolute Gasteiger partial charge is 0.191 e. The van der Waals surface area contributed by atoms with Gasteiger partial charge in [0.25, 0.3) is 0 Å². The van der Waals surface area contributed by atoms with Crippen molar-refractivity contribution in [1.82, 2.24) is 4.90 Å². The van der Waals surface area contributed by atoms with E-state index in [1.165, 1.54) is 6.07 Å². The Morgan fingerprint density at radius 1 is 1.45 bits per heavy atom. The third-order valence-electron chi connectivity index (χ3n) is 3.52. The molecule has 0 saturated carbocycles. The number of likely N-dealkylation sites (tertiary alicyclic amines) is 1. The molecule has 0 aromatic heterocycles. The summed E-state index contributed by atoms with van der Waals surface area (Å²) in [4.78, 5) is 6.46. The monoisotopic (exact) mass is 411 g/mol. The van der Waals surface area contributed by atoms with E-state index in [0.29, 0.717) is 12.5 Å². The number of benzene rings is 1. The van der Waals surface area contributed by atoms with Crippen molar-refractivity contribution >= 4 is 41.5 Å². The number of piperidine rings is 1. The Bertz CT molecular complexity index is 473. The van der Waals surface area contributed by atoms with Crippen LogP contribution in [0.15, 0.2) is 23.2 Å². The van der Waals surface area contributed by atoms with Crippen LogP contribution in [0.4, 0.5) is 4.39 Å². The first-order valence-electron chi connectivity index (χ1n) is 6.55. The topological polar surface area (TPSA) is 41.6 Å². The molecule has 112 valence electrons. The number of hydrogen-bond donors (Lipinski definition) is 1. The van der Waals surface area contributed by atoms with Crippen LogP contribution in [-0.2, 0) is 6.54 Å². The van der Waals surface area contributed by atoms with Gasteiger partial charge < -0.3 is 10.6 Å². The molecule has 1 fully saturated rings. The zero-order valence-corrected chi connectivity index (χ0v) is 14.6. The summed E-state index contributed by atoms with van der Waals surface area (Å²) in [5.74, 6) is 0.916. The van der Waals surface area contributed by atoms with Gasteiger partial charge in [0, 0.05) is 13.1 Å². The minimum Gasteiger partial charge on any atom is -0.370 e. The third-order valence-corrected chi connectivity index (χ3v) is 3.80. The molecule has 1 saturated heterocycles. The highest BCUT2D eigenvalue weighted by Gasteiger charge is 2.16. The van der Waals surface area contributed by atoms with Gasteiger partial charge in [-0.05, 0) is 36.5 Å². The van der Waals surface area contributed by atoms with E-state index in [0.717, 1.165) is 37.4 Å². The van der Waals surface area contributed by atoms with Crippen LogP contribution in [0.25, 0.3) is 0 Å². The Balaban J connectivity index is 0.00000200. The van der Waals surface area contributed by atoms with Crippen LogP contribution in [-0.4, -0.2) is 23.9 Å². The van der Waals surface area contributed by atoms with Crippen molar-refractivity contribution < 1.29 is 4.39 Å². The van der Waals surface area contributed by atoms with Crippen molar-refractivity contribution in [3.8, 4) is 0 Å². The number of hydrogen-bond acceptors (Lipinski definition) is 1. The molecule has 1 aliphatic heterocycles. The van der Waals surface area contributed by atoms with Gasteiger partial charge in [0.05, 0.1) is 11.6 Å². The summed E-state index contributed by atoms with van der Waals surface area (Å²) in [5.41, 5.74) is 6.84. The second kappa shape index (κ2) is 8.02. The molecule has 0 atom stereocenters. The molecule has 20 heavy (non-hydrogen) atoms. The normalized spacial score (nSPS) is 16.9. The first kappa shape index (κ1) is 17.5. The third kappa shape index (κ3) is 4.77. The molecule has 6 heteroatoms. The van der Waals surface area contributed by atoms with E-state index < -0.39 is 5.82 Å². The summed E-state index contributed by atoms with van der Waals surface area (Å²) < 4.78 is 13.0. The molecular weight excluding hydrogens is 392 g/mol. The fourth-order valence-electron chi connectivity index (χ4n) is 2.15. The van der Waals surface area contributed by atoms with Crippen LogP contribution in [0.3, 0.4) is 0 Å². The van der Waals surface area contributed by atoms with E-state index in [4.69, 9.17) is 17.3 Å². The van der Waals surface area contributed by atoms with Crippen molar-refractivity contribution in [2.75, 3.05) is 13.1 Å². The molecule has 2 rings (SSSR count). The standard InChI is InChI=1S/C14H19ClFN3.HI/c1-10-4-6-19(7-5-10)14(17)18-9-11-2-3-13(16)12(15)8-11;/h2-3,8,10H,4-7,9H2,1H3,(H2,17,18);1H. The zero-order chi connectivity index (χ0) is 13.8. The molecule has 0 aliphatic carbocycles. The molecule has 0 unspecified atom stereocenters. The van der Waals surface area contributed by atoms with Crippen LogP contribution >= 0.6 is 35.6 Å². The SMILES string of the molecule is CC1CCN(C(N)=NCc2ccc(F)c(Cl)c2)CC1.I.